The Morgan fingerprint density at radius 2 is 2.10 bits per heavy atom. The van der Waals surface area contributed by atoms with E-state index in [1.165, 1.54) is 7.11 Å². The lowest BCUT2D eigenvalue weighted by Crippen LogP contribution is -2.45. The monoisotopic (exact) mass is 283 g/mol. The molecule has 5 nitrogen and oxygen atoms in total. The highest BCUT2D eigenvalue weighted by Crippen LogP contribution is 2.22. The van der Waals surface area contributed by atoms with Crippen LogP contribution in [-0.2, 0) is 14.3 Å². The maximum atomic E-state index is 11.8. The summed E-state index contributed by atoms with van der Waals surface area (Å²) in [6.07, 6.45) is 7.40. The van der Waals surface area contributed by atoms with Crippen molar-refractivity contribution < 1.29 is 19.1 Å². The fraction of sp³-hybridized carbons (Fsp3) is 0.733. The van der Waals surface area contributed by atoms with Crippen LogP contribution in [-0.4, -0.2) is 30.8 Å². The van der Waals surface area contributed by atoms with Crippen LogP contribution in [0.15, 0.2) is 12.2 Å². The second kappa shape index (κ2) is 7.31. The second-order valence-electron chi connectivity index (χ2n) is 6.08. The molecule has 0 bridgehead atoms. The SMILES string of the molecule is COC(=O)[C@H](C[C@H]1C=CCCC1)NC(=O)OC(C)(C)C. The summed E-state index contributed by atoms with van der Waals surface area (Å²) in [5, 5.41) is 2.60. The van der Waals surface area contributed by atoms with Gasteiger partial charge in [-0.3, -0.25) is 0 Å². The van der Waals surface area contributed by atoms with Crippen LogP contribution in [0.1, 0.15) is 46.5 Å². The fourth-order valence-corrected chi connectivity index (χ4v) is 2.19. The summed E-state index contributed by atoms with van der Waals surface area (Å²) in [4.78, 5) is 23.5. The molecule has 1 aliphatic rings. The molecule has 0 aromatic carbocycles. The Labute approximate surface area is 120 Å². The lowest BCUT2D eigenvalue weighted by molar-refractivity contribution is -0.143. The third-order valence-electron chi connectivity index (χ3n) is 3.07. The molecule has 1 N–H and O–H groups in total. The molecule has 0 unspecified atom stereocenters. The standard InChI is InChI=1S/C15H25NO4/c1-15(2,3)20-14(18)16-12(13(17)19-4)10-11-8-6-5-7-9-11/h6,8,11-12H,5,7,9-10H2,1-4H3,(H,16,18)/t11-,12-/m0/s1. The average Bonchev–Trinajstić information content (AvgIpc) is 2.36. The molecule has 20 heavy (non-hydrogen) atoms. The van der Waals surface area contributed by atoms with E-state index in [1.54, 1.807) is 20.8 Å². The minimum atomic E-state index is -0.664. The Balaban J connectivity index is 2.60. The molecule has 114 valence electrons. The van der Waals surface area contributed by atoms with Gasteiger partial charge < -0.3 is 14.8 Å². The first-order valence-electron chi connectivity index (χ1n) is 7.06. The van der Waals surface area contributed by atoms with Crippen LogP contribution in [0.3, 0.4) is 0 Å². The fourth-order valence-electron chi connectivity index (χ4n) is 2.19. The van der Waals surface area contributed by atoms with Crippen molar-refractivity contribution in [2.24, 2.45) is 5.92 Å². The number of esters is 1. The van der Waals surface area contributed by atoms with Crippen LogP contribution in [0.5, 0.6) is 0 Å². The molecule has 1 rings (SSSR count). The third-order valence-corrected chi connectivity index (χ3v) is 3.07. The van der Waals surface area contributed by atoms with Gasteiger partial charge in [0.2, 0.25) is 0 Å². The number of hydrogen-bond donors (Lipinski definition) is 1. The molecule has 5 heteroatoms. The summed E-state index contributed by atoms with van der Waals surface area (Å²) in [5.41, 5.74) is -0.588. The third kappa shape index (κ3) is 6.08. The van der Waals surface area contributed by atoms with Gasteiger partial charge in [0, 0.05) is 0 Å². The first kappa shape index (κ1) is 16.5. The number of allylic oxidation sites excluding steroid dienone is 2. The minimum absolute atomic E-state index is 0.294. The van der Waals surface area contributed by atoms with Crippen LogP contribution in [0, 0.1) is 5.92 Å². The molecule has 0 saturated heterocycles. The molecule has 0 aliphatic heterocycles. The number of hydrogen-bond acceptors (Lipinski definition) is 4. The van der Waals surface area contributed by atoms with Crippen molar-refractivity contribution in [3.8, 4) is 0 Å². The van der Waals surface area contributed by atoms with E-state index in [0.29, 0.717) is 12.3 Å². The highest BCUT2D eigenvalue weighted by molar-refractivity contribution is 5.81. The zero-order valence-electron chi connectivity index (χ0n) is 12.8. The quantitative estimate of drug-likeness (QED) is 0.636. The number of nitrogens with one attached hydrogen (secondary N) is 1. The van der Waals surface area contributed by atoms with Crippen molar-refractivity contribution in [1.82, 2.24) is 5.32 Å². The molecule has 0 spiro atoms. The molecule has 1 aliphatic carbocycles. The number of methoxy groups -OCH3 is 1. The summed E-state index contributed by atoms with van der Waals surface area (Å²) in [6, 6.07) is -0.664. The van der Waals surface area contributed by atoms with Crippen molar-refractivity contribution >= 4 is 12.1 Å². The number of carbonyl (C=O) groups excluding carboxylic acids is 2. The molecular formula is C15H25NO4. The molecule has 0 aromatic heterocycles. The number of carbonyl (C=O) groups is 2. The molecular weight excluding hydrogens is 258 g/mol. The van der Waals surface area contributed by atoms with E-state index in [-0.39, 0.29) is 0 Å². The number of ether oxygens (including phenoxy) is 2. The largest absolute Gasteiger partial charge is 0.467 e. The molecule has 0 aromatic rings. The Morgan fingerprint density at radius 3 is 2.60 bits per heavy atom. The van der Waals surface area contributed by atoms with Crippen molar-refractivity contribution in [3.63, 3.8) is 0 Å². The highest BCUT2D eigenvalue weighted by Gasteiger charge is 2.27. The van der Waals surface area contributed by atoms with E-state index < -0.39 is 23.7 Å². The number of rotatable bonds is 4. The maximum Gasteiger partial charge on any atom is 0.408 e. The van der Waals surface area contributed by atoms with Crippen LogP contribution < -0.4 is 5.32 Å². The number of amides is 1. The average molecular weight is 283 g/mol. The van der Waals surface area contributed by atoms with Gasteiger partial charge in [-0.15, -0.1) is 0 Å². The summed E-state index contributed by atoms with van der Waals surface area (Å²) in [6.45, 7) is 5.34. The Bertz CT molecular complexity index is 371. The van der Waals surface area contributed by atoms with E-state index in [0.717, 1.165) is 19.3 Å². The van der Waals surface area contributed by atoms with E-state index >= 15 is 0 Å². The zero-order chi connectivity index (χ0) is 15.2. The van der Waals surface area contributed by atoms with Gasteiger partial charge in [-0.1, -0.05) is 12.2 Å². The van der Waals surface area contributed by atoms with Gasteiger partial charge in [0.1, 0.15) is 11.6 Å². The van der Waals surface area contributed by atoms with Gasteiger partial charge in [-0.2, -0.15) is 0 Å². The van der Waals surface area contributed by atoms with Crippen LogP contribution in [0.4, 0.5) is 4.79 Å². The molecule has 0 radical (unpaired) electrons. The van der Waals surface area contributed by atoms with Gasteiger partial charge in [-0.25, -0.2) is 9.59 Å². The molecule has 0 saturated carbocycles. The molecule has 0 heterocycles. The van der Waals surface area contributed by atoms with E-state index in [9.17, 15) is 9.59 Å². The first-order chi connectivity index (χ1) is 9.31. The lowest BCUT2D eigenvalue weighted by Gasteiger charge is -2.25. The van der Waals surface area contributed by atoms with Crippen molar-refractivity contribution in [1.29, 1.82) is 0 Å². The predicted octanol–water partition coefficient (Wildman–Crippen LogP) is 2.80. The highest BCUT2D eigenvalue weighted by atomic mass is 16.6. The van der Waals surface area contributed by atoms with Crippen LogP contribution >= 0.6 is 0 Å². The van der Waals surface area contributed by atoms with Gasteiger partial charge in [0.05, 0.1) is 7.11 Å². The lowest BCUT2D eigenvalue weighted by atomic mass is 9.90. The normalized spacial score (nSPS) is 20.1. The van der Waals surface area contributed by atoms with Gasteiger partial charge in [0.25, 0.3) is 0 Å². The van der Waals surface area contributed by atoms with E-state index in [1.807, 2.05) is 0 Å². The molecule has 2 atom stereocenters. The van der Waals surface area contributed by atoms with Crippen molar-refractivity contribution in [3.05, 3.63) is 12.2 Å². The van der Waals surface area contributed by atoms with E-state index in [2.05, 4.69) is 17.5 Å². The van der Waals surface area contributed by atoms with E-state index in [4.69, 9.17) is 9.47 Å². The molecule has 1 amide bonds. The summed E-state index contributed by atoms with van der Waals surface area (Å²) in [7, 11) is 1.32. The second-order valence-corrected chi connectivity index (χ2v) is 6.08. The Morgan fingerprint density at radius 1 is 1.40 bits per heavy atom. The predicted molar refractivity (Wildman–Crippen MR) is 76.3 cm³/mol. The zero-order valence-corrected chi connectivity index (χ0v) is 12.8. The van der Waals surface area contributed by atoms with Crippen LogP contribution in [0.2, 0.25) is 0 Å². The molecule has 0 fully saturated rings. The van der Waals surface area contributed by atoms with Gasteiger partial charge in [0.15, 0.2) is 0 Å². The summed E-state index contributed by atoms with van der Waals surface area (Å²) in [5.74, 6) is -0.141. The Kier molecular flexibility index (Phi) is 6.05. The topological polar surface area (TPSA) is 64.6 Å². The van der Waals surface area contributed by atoms with Crippen molar-refractivity contribution in [2.75, 3.05) is 7.11 Å². The number of alkyl carbamates (subject to hydrolysis) is 1. The van der Waals surface area contributed by atoms with Gasteiger partial charge >= 0.3 is 12.1 Å². The van der Waals surface area contributed by atoms with Gasteiger partial charge in [-0.05, 0) is 52.4 Å². The van der Waals surface area contributed by atoms with Crippen LogP contribution in [0.25, 0.3) is 0 Å². The smallest absolute Gasteiger partial charge is 0.408 e. The van der Waals surface area contributed by atoms with Crippen molar-refractivity contribution in [2.45, 2.75) is 58.1 Å². The maximum absolute atomic E-state index is 11.8. The summed E-state index contributed by atoms with van der Waals surface area (Å²) >= 11 is 0. The Hall–Kier alpha value is -1.52. The first-order valence-corrected chi connectivity index (χ1v) is 7.06. The summed E-state index contributed by atoms with van der Waals surface area (Å²) < 4.78 is 9.93. The minimum Gasteiger partial charge on any atom is -0.467 e.